The molecule has 4 aromatic rings. The summed E-state index contributed by atoms with van der Waals surface area (Å²) < 4.78 is 0.680. The number of halogens is 2. The molecule has 0 radical (unpaired) electrons. The van der Waals surface area contributed by atoms with Gasteiger partial charge in [0.1, 0.15) is 11.6 Å². The zero-order chi connectivity index (χ0) is 21.1. The third-order valence-electron chi connectivity index (χ3n) is 4.42. The van der Waals surface area contributed by atoms with Gasteiger partial charge in [0, 0.05) is 29.5 Å². The van der Waals surface area contributed by atoms with Crippen LogP contribution in [0.5, 0.6) is 0 Å². The first-order valence-electron chi connectivity index (χ1n) is 9.01. The van der Waals surface area contributed by atoms with Crippen molar-refractivity contribution in [3.63, 3.8) is 0 Å². The van der Waals surface area contributed by atoms with Crippen LogP contribution in [0.15, 0.2) is 65.5 Å². The molecule has 3 heterocycles. The van der Waals surface area contributed by atoms with E-state index in [4.69, 9.17) is 17.3 Å². The van der Waals surface area contributed by atoms with Gasteiger partial charge in [0.15, 0.2) is 0 Å². The lowest BCUT2D eigenvalue weighted by atomic mass is 10.1. The summed E-state index contributed by atoms with van der Waals surface area (Å²) in [5.74, 6) is 0.769. The van der Waals surface area contributed by atoms with Gasteiger partial charge in [-0.2, -0.15) is 0 Å². The molecule has 0 aliphatic rings. The molecule has 3 aromatic heterocycles. The van der Waals surface area contributed by atoms with Crippen molar-refractivity contribution < 1.29 is 4.79 Å². The number of carbonyl (C=O) groups is 1. The number of hydrogen-bond acceptors (Lipinski definition) is 6. The van der Waals surface area contributed by atoms with Crippen molar-refractivity contribution in [2.24, 2.45) is 0 Å². The minimum atomic E-state index is -0.172. The molecule has 9 heteroatoms. The highest BCUT2D eigenvalue weighted by atomic mass is 79.9. The number of amides is 1. The summed E-state index contributed by atoms with van der Waals surface area (Å²) in [5.41, 5.74) is 7.79. The molecular formula is C21H16BrClN6O. The number of pyridine rings is 2. The predicted octanol–water partition coefficient (Wildman–Crippen LogP) is 4.26. The van der Waals surface area contributed by atoms with E-state index in [2.05, 4.69) is 35.9 Å². The third kappa shape index (κ3) is 4.55. The highest BCUT2D eigenvalue weighted by molar-refractivity contribution is 9.10. The summed E-state index contributed by atoms with van der Waals surface area (Å²) in [7, 11) is 0. The van der Waals surface area contributed by atoms with Crippen LogP contribution < -0.4 is 5.73 Å². The van der Waals surface area contributed by atoms with Gasteiger partial charge in [0.25, 0.3) is 5.91 Å². The van der Waals surface area contributed by atoms with Crippen molar-refractivity contribution in [2.45, 2.75) is 13.1 Å². The minimum absolute atomic E-state index is 0.172. The lowest BCUT2D eigenvalue weighted by Gasteiger charge is -2.22. The number of fused-ring (bicyclic) bond motifs is 1. The second-order valence-corrected chi connectivity index (χ2v) is 7.85. The summed E-state index contributed by atoms with van der Waals surface area (Å²) in [6.07, 6.45) is 4.85. The highest BCUT2D eigenvalue weighted by Gasteiger charge is 2.19. The van der Waals surface area contributed by atoms with Gasteiger partial charge in [0.2, 0.25) is 0 Å². The van der Waals surface area contributed by atoms with Crippen LogP contribution in [-0.4, -0.2) is 30.7 Å². The lowest BCUT2D eigenvalue weighted by Crippen LogP contribution is -2.31. The topological polar surface area (TPSA) is 97.9 Å². The summed E-state index contributed by atoms with van der Waals surface area (Å²) >= 11 is 9.32. The lowest BCUT2D eigenvalue weighted by molar-refractivity contribution is 0.0723. The first-order valence-corrected chi connectivity index (χ1v) is 10.2. The SMILES string of the molecule is Nc1nc2ccc(C(=O)N(Cc3ccc(Cl)cn3)Cc3ncccn3)cc2cc1Br. The van der Waals surface area contributed by atoms with Crippen molar-refractivity contribution in [2.75, 3.05) is 5.73 Å². The first kappa shape index (κ1) is 20.2. The number of hydrogen-bond donors (Lipinski definition) is 1. The molecule has 0 aliphatic carbocycles. The molecule has 0 fully saturated rings. The van der Waals surface area contributed by atoms with E-state index >= 15 is 0 Å². The van der Waals surface area contributed by atoms with Gasteiger partial charge in [-0.3, -0.25) is 9.78 Å². The average Bonchev–Trinajstić information content (AvgIpc) is 2.75. The van der Waals surface area contributed by atoms with Crippen LogP contribution in [0.1, 0.15) is 21.9 Å². The van der Waals surface area contributed by atoms with Crippen LogP contribution in [-0.2, 0) is 13.1 Å². The van der Waals surface area contributed by atoms with E-state index in [-0.39, 0.29) is 19.0 Å². The summed E-state index contributed by atoms with van der Waals surface area (Å²) in [6, 6.07) is 12.4. The van der Waals surface area contributed by atoms with Crippen LogP contribution in [0.4, 0.5) is 5.82 Å². The first-order chi connectivity index (χ1) is 14.5. The Labute approximate surface area is 186 Å². The highest BCUT2D eigenvalue weighted by Crippen LogP contribution is 2.24. The van der Waals surface area contributed by atoms with Gasteiger partial charge < -0.3 is 10.6 Å². The smallest absolute Gasteiger partial charge is 0.254 e. The van der Waals surface area contributed by atoms with Gasteiger partial charge in [-0.25, -0.2) is 15.0 Å². The third-order valence-corrected chi connectivity index (χ3v) is 5.28. The van der Waals surface area contributed by atoms with Gasteiger partial charge in [-0.15, -0.1) is 0 Å². The molecule has 1 amide bonds. The fourth-order valence-corrected chi connectivity index (χ4v) is 3.41. The number of nitrogen functional groups attached to an aromatic ring is 1. The van der Waals surface area contributed by atoms with Crippen molar-refractivity contribution in [3.05, 3.63) is 87.6 Å². The average molecular weight is 484 g/mol. The summed E-state index contributed by atoms with van der Waals surface area (Å²) in [5, 5.41) is 1.34. The number of nitrogens with two attached hydrogens (primary N) is 1. The van der Waals surface area contributed by atoms with Crippen LogP contribution in [0.25, 0.3) is 10.9 Å². The van der Waals surface area contributed by atoms with E-state index in [0.717, 1.165) is 5.39 Å². The Hall–Kier alpha value is -3.10. The summed E-state index contributed by atoms with van der Waals surface area (Å²) in [6.45, 7) is 0.529. The molecule has 0 unspecified atom stereocenters. The van der Waals surface area contributed by atoms with Crippen LogP contribution >= 0.6 is 27.5 Å². The number of nitrogens with zero attached hydrogens (tertiary/aromatic N) is 5. The van der Waals surface area contributed by atoms with Gasteiger partial charge in [0.05, 0.1) is 33.8 Å². The Kier molecular flexibility index (Phi) is 5.87. The van der Waals surface area contributed by atoms with Crippen molar-refractivity contribution in [1.29, 1.82) is 0 Å². The quantitative estimate of drug-likeness (QED) is 0.455. The Morgan fingerprint density at radius 1 is 1.07 bits per heavy atom. The number of anilines is 1. The number of aromatic nitrogens is 4. The molecule has 0 spiro atoms. The van der Waals surface area contributed by atoms with Crippen molar-refractivity contribution >= 4 is 50.2 Å². The molecule has 0 bridgehead atoms. The van der Waals surface area contributed by atoms with Gasteiger partial charge in [-0.1, -0.05) is 11.6 Å². The van der Waals surface area contributed by atoms with E-state index in [9.17, 15) is 4.79 Å². The minimum Gasteiger partial charge on any atom is -0.383 e. The second kappa shape index (κ2) is 8.73. The Morgan fingerprint density at radius 2 is 1.87 bits per heavy atom. The largest absolute Gasteiger partial charge is 0.383 e. The zero-order valence-electron chi connectivity index (χ0n) is 15.7. The Balaban J connectivity index is 1.67. The normalized spacial score (nSPS) is 10.9. The molecule has 0 saturated heterocycles. The molecule has 2 N–H and O–H groups in total. The maximum absolute atomic E-state index is 13.4. The zero-order valence-corrected chi connectivity index (χ0v) is 18.0. The predicted molar refractivity (Wildman–Crippen MR) is 119 cm³/mol. The molecular weight excluding hydrogens is 468 g/mol. The molecule has 0 atom stereocenters. The second-order valence-electron chi connectivity index (χ2n) is 6.56. The summed E-state index contributed by atoms with van der Waals surface area (Å²) in [4.78, 5) is 32.1. The number of benzene rings is 1. The van der Waals surface area contributed by atoms with Crippen LogP contribution in [0.3, 0.4) is 0 Å². The van der Waals surface area contributed by atoms with E-state index in [0.29, 0.717) is 37.9 Å². The molecule has 0 saturated carbocycles. The maximum Gasteiger partial charge on any atom is 0.254 e. The van der Waals surface area contributed by atoms with E-state index in [1.807, 2.05) is 6.07 Å². The molecule has 30 heavy (non-hydrogen) atoms. The van der Waals surface area contributed by atoms with E-state index < -0.39 is 0 Å². The van der Waals surface area contributed by atoms with Gasteiger partial charge >= 0.3 is 0 Å². The number of rotatable bonds is 5. The van der Waals surface area contributed by atoms with Crippen molar-refractivity contribution in [1.82, 2.24) is 24.8 Å². The van der Waals surface area contributed by atoms with Crippen LogP contribution in [0.2, 0.25) is 5.02 Å². The molecule has 0 aliphatic heterocycles. The van der Waals surface area contributed by atoms with E-state index in [1.54, 1.807) is 59.9 Å². The fourth-order valence-electron chi connectivity index (χ4n) is 2.96. The molecule has 4 rings (SSSR count). The molecule has 7 nitrogen and oxygen atoms in total. The standard InChI is InChI=1S/C21H16BrClN6O/c22-17-9-14-8-13(2-5-18(14)28-20(17)24)21(30)29(12-19-25-6-1-7-26-19)11-16-4-3-15(23)10-27-16/h1-10H,11-12H2,(H2,24,28). The van der Waals surface area contributed by atoms with Gasteiger partial charge in [-0.05, 0) is 58.4 Å². The monoisotopic (exact) mass is 482 g/mol. The van der Waals surface area contributed by atoms with E-state index in [1.165, 1.54) is 0 Å². The maximum atomic E-state index is 13.4. The fraction of sp³-hybridized carbons (Fsp3) is 0.0952. The van der Waals surface area contributed by atoms with Crippen molar-refractivity contribution in [3.8, 4) is 0 Å². The van der Waals surface area contributed by atoms with Crippen LogP contribution in [0, 0.1) is 0 Å². The Bertz CT molecular complexity index is 1200. The Morgan fingerprint density at radius 3 is 2.60 bits per heavy atom. The number of carbonyl (C=O) groups excluding carboxylic acids is 1. The molecule has 150 valence electrons. The molecule has 1 aromatic carbocycles.